The van der Waals surface area contributed by atoms with Gasteiger partial charge in [-0.25, -0.2) is 4.68 Å². The summed E-state index contributed by atoms with van der Waals surface area (Å²) in [5, 5.41) is 20.0. The number of tetrazole rings is 1. The van der Waals surface area contributed by atoms with E-state index < -0.39 is 5.97 Å². The number of carboxylic acids is 1. The van der Waals surface area contributed by atoms with Crippen molar-refractivity contribution < 1.29 is 14.6 Å². The molecule has 17 heavy (non-hydrogen) atoms. The van der Waals surface area contributed by atoms with E-state index in [1.807, 2.05) is 13.8 Å². The summed E-state index contributed by atoms with van der Waals surface area (Å²) >= 11 is 1.42. The van der Waals surface area contributed by atoms with Crippen molar-refractivity contribution in [2.24, 2.45) is 0 Å². The maximum absolute atomic E-state index is 10.6. The molecule has 1 aromatic rings. The Balaban J connectivity index is 2.47. The average Bonchev–Trinajstić information content (AvgIpc) is 2.65. The van der Waals surface area contributed by atoms with Gasteiger partial charge in [0.25, 0.3) is 0 Å². The monoisotopic (exact) mass is 260 g/mol. The van der Waals surface area contributed by atoms with E-state index >= 15 is 0 Å². The summed E-state index contributed by atoms with van der Waals surface area (Å²) in [6.07, 6.45) is 0.827. The highest BCUT2D eigenvalue weighted by molar-refractivity contribution is 7.99. The van der Waals surface area contributed by atoms with Gasteiger partial charge in [0.05, 0.1) is 5.60 Å². The maximum Gasteiger partial charge on any atom is 0.325 e. The molecule has 0 unspecified atom stereocenters. The van der Waals surface area contributed by atoms with Crippen LogP contribution in [-0.4, -0.2) is 49.7 Å². The summed E-state index contributed by atoms with van der Waals surface area (Å²) in [6, 6.07) is 0. The van der Waals surface area contributed by atoms with Gasteiger partial charge in [-0.1, -0.05) is 11.8 Å². The van der Waals surface area contributed by atoms with Gasteiger partial charge < -0.3 is 9.84 Å². The first-order valence-corrected chi connectivity index (χ1v) is 6.09. The second-order valence-corrected chi connectivity index (χ2v) is 5.14. The van der Waals surface area contributed by atoms with Crippen molar-refractivity contribution in [3.05, 3.63) is 0 Å². The number of methoxy groups -OCH3 is 1. The van der Waals surface area contributed by atoms with Crippen LogP contribution in [0.1, 0.15) is 20.3 Å². The number of nitrogens with zero attached hydrogens (tertiary/aromatic N) is 4. The minimum absolute atomic E-state index is 0.196. The maximum atomic E-state index is 10.6. The Labute approximate surface area is 104 Å². The van der Waals surface area contributed by atoms with Gasteiger partial charge in [-0.2, -0.15) is 0 Å². The summed E-state index contributed by atoms with van der Waals surface area (Å²) in [5.74, 6) is -0.197. The quantitative estimate of drug-likeness (QED) is 0.720. The topological polar surface area (TPSA) is 90.1 Å². The molecule has 0 aliphatic carbocycles. The Hall–Kier alpha value is -1.15. The first kappa shape index (κ1) is 13.9. The number of aliphatic carboxylic acids is 1. The second kappa shape index (κ2) is 5.97. The number of rotatable bonds is 7. The molecule has 1 aromatic heterocycles. The molecule has 0 atom stereocenters. The second-order valence-electron chi connectivity index (χ2n) is 4.08. The van der Waals surface area contributed by atoms with Crippen LogP contribution in [0, 0.1) is 0 Å². The Morgan fingerprint density at radius 2 is 2.29 bits per heavy atom. The number of ether oxygens (including phenoxy) is 1. The molecule has 7 nitrogen and oxygen atoms in total. The molecule has 0 spiro atoms. The minimum atomic E-state index is -0.962. The molecule has 0 amide bonds. The number of aromatic nitrogens is 4. The van der Waals surface area contributed by atoms with E-state index in [2.05, 4.69) is 15.5 Å². The van der Waals surface area contributed by atoms with Gasteiger partial charge in [-0.15, -0.1) is 5.10 Å². The summed E-state index contributed by atoms with van der Waals surface area (Å²) in [4.78, 5) is 10.6. The third-order valence-electron chi connectivity index (χ3n) is 2.27. The van der Waals surface area contributed by atoms with Crippen LogP contribution in [0.15, 0.2) is 5.16 Å². The molecule has 0 saturated heterocycles. The molecular formula is C9H16N4O3S. The van der Waals surface area contributed by atoms with E-state index in [-0.39, 0.29) is 12.1 Å². The summed E-state index contributed by atoms with van der Waals surface area (Å²) in [7, 11) is 1.67. The molecule has 96 valence electrons. The Morgan fingerprint density at radius 3 is 2.88 bits per heavy atom. The lowest BCUT2D eigenvalue weighted by Gasteiger charge is -2.21. The first-order chi connectivity index (χ1) is 7.94. The third kappa shape index (κ3) is 4.70. The third-order valence-corrected chi connectivity index (χ3v) is 3.23. The van der Waals surface area contributed by atoms with Crippen molar-refractivity contribution in [2.45, 2.75) is 37.6 Å². The highest BCUT2D eigenvalue weighted by atomic mass is 32.2. The zero-order valence-electron chi connectivity index (χ0n) is 10.1. The zero-order chi connectivity index (χ0) is 12.9. The van der Waals surface area contributed by atoms with Gasteiger partial charge in [-0.3, -0.25) is 4.79 Å². The number of thioether (sulfide) groups is 1. The largest absolute Gasteiger partial charge is 0.480 e. The van der Waals surface area contributed by atoms with Gasteiger partial charge in [-0.05, 0) is 30.7 Å². The molecule has 0 saturated carbocycles. The lowest BCUT2D eigenvalue weighted by Crippen LogP contribution is -2.23. The Kier molecular flexibility index (Phi) is 4.88. The van der Waals surface area contributed by atoms with E-state index in [1.165, 1.54) is 16.4 Å². The van der Waals surface area contributed by atoms with Crippen LogP contribution >= 0.6 is 11.8 Å². The number of hydrogen-bond acceptors (Lipinski definition) is 6. The van der Waals surface area contributed by atoms with Crippen molar-refractivity contribution in [3.8, 4) is 0 Å². The van der Waals surface area contributed by atoms with Crippen LogP contribution < -0.4 is 0 Å². The van der Waals surface area contributed by atoms with Crippen LogP contribution in [0.5, 0.6) is 0 Å². The number of hydrogen-bond donors (Lipinski definition) is 1. The Bertz CT molecular complexity index is 380. The van der Waals surface area contributed by atoms with E-state index in [0.29, 0.717) is 5.16 Å². The van der Waals surface area contributed by atoms with Crippen molar-refractivity contribution in [1.82, 2.24) is 20.2 Å². The molecular weight excluding hydrogens is 244 g/mol. The van der Waals surface area contributed by atoms with Gasteiger partial charge in [0.15, 0.2) is 0 Å². The standard InChI is InChI=1S/C9H16N4O3S/c1-9(2,16-3)4-5-17-8-10-11-12-13(8)6-7(14)15/h4-6H2,1-3H3,(H,14,15). The van der Waals surface area contributed by atoms with Crippen molar-refractivity contribution in [1.29, 1.82) is 0 Å². The van der Waals surface area contributed by atoms with E-state index in [1.54, 1.807) is 7.11 Å². The first-order valence-electron chi connectivity index (χ1n) is 5.10. The zero-order valence-corrected chi connectivity index (χ0v) is 10.9. The lowest BCUT2D eigenvalue weighted by molar-refractivity contribution is -0.138. The van der Waals surface area contributed by atoms with Crippen molar-refractivity contribution >= 4 is 17.7 Å². The Morgan fingerprint density at radius 1 is 1.59 bits per heavy atom. The predicted molar refractivity (Wildman–Crippen MR) is 61.9 cm³/mol. The van der Waals surface area contributed by atoms with Gasteiger partial charge in [0, 0.05) is 12.9 Å². The fourth-order valence-corrected chi connectivity index (χ4v) is 2.14. The SMILES string of the molecule is COC(C)(C)CCSc1nnnn1CC(=O)O. The summed E-state index contributed by atoms with van der Waals surface area (Å²) in [6.45, 7) is 3.77. The average molecular weight is 260 g/mol. The molecule has 1 N–H and O–H groups in total. The fourth-order valence-electron chi connectivity index (χ4n) is 1.02. The molecule has 1 heterocycles. The molecule has 0 bridgehead atoms. The molecule has 0 radical (unpaired) electrons. The van der Waals surface area contributed by atoms with Gasteiger partial charge >= 0.3 is 5.97 Å². The molecule has 8 heteroatoms. The fraction of sp³-hybridized carbons (Fsp3) is 0.778. The van der Waals surface area contributed by atoms with E-state index in [9.17, 15) is 4.79 Å². The van der Waals surface area contributed by atoms with Crippen LogP contribution in [0.25, 0.3) is 0 Å². The molecule has 0 aromatic carbocycles. The highest BCUT2D eigenvalue weighted by Crippen LogP contribution is 2.21. The molecule has 0 fully saturated rings. The predicted octanol–water partition coefficient (Wildman–Crippen LogP) is 0.665. The smallest absolute Gasteiger partial charge is 0.325 e. The van der Waals surface area contributed by atoms with Gasteiger partial charge in [0.2, 0.25) is 5.16 Å². The molecule has 0 aliphatic heterocycles. The van der Waals surface area contributed by atoms with Crippen molar-refractivity contribution in [3.63, 3.8) is 0 Å². The lowest BCUT2D eigenvalue weighted by atomic mass is 10.1. The van der Waals surface area contributed by atoms with Crippen LogP contribution in [0.4, 0.5) is 0 Å². The highest BCUT2D eigenvalue weighted by Gasteiger charge is 2.17. The van der Waals surface area contributed by atoms with Crippen LogP contribution in [-0.2, 0) is 16.1 Å². The van der Waals surface area contributed by atoms with E-state index in [4.69, 9.17) is 9.84 Å². The summed E-state index contributed by atoms with van der Waals surface area (Å²) in [5.41, 5.74) is -0.196. The van der Waals surface area contributed by atoms with Crippen molar-refractivity contribution in [2.75, 3.05) is 12.9 Å². The normalized spacial score (nSPS) is 11.7. The van der Waals surface area contributed by atoms with E-state index in [0.717, 1.165) is 12.2 Å². The van der Waals surface area contributed by atoms with Crippen LogP contribution in [0.3, 0.4) is 0 Å². The van der Waals surface area contributed by atoms with Gasteiger partial charge in [0.1, 0.15) is 6.54 Å². The minimum Gasteiger partial charge on any atom is -0.480 e. The van der Waals surface area contributed by atoms with Crippen LogP contribution in [0.2, 0.25) is 0 Å². The molecule has 0 aliphatic rings. The number of carbonyl (C=O) groups is 1. The summed E-state index contributed by atoms with van der Waals surface area (Å²) < 4.78 is 6.56. The number of carboxylic acid groups (broad SMARTS) is 1. The molecule has 1 rings (SSSR count).